The number of rotatable bonds is 2. The van der Waals surface area contributed by atoms with Gasteiger partial charge in [0, 0.05) is 26.0 Å². The third kappa shape index (κ3) is 4.12. The number of aryl methyl sites for hydroxylation is 1. The number of hydrogen-bond acceptors (Lipinski definition) is 4. The SMILES string of the molecule is CN1CCCC1OC=O.Cn1ccnc1. The molecule has 1 fully saturated rings. The van der Waals surface area contributed by atoms with Crippen molar-refractivity contribution < 1.29 is 9.53 Å². The average Bonchev–Trinajstić information content (AvgIpc) is 2.81. The van der Waals surface area contributed by atoms with Crippen LogP contribution in [-0.2, 0) is 16.6 Å². The van der Waals surface area contributed by atoms with Gasteiger partial charge in [0.2, 0.25) is 0 Å². The molecule has 15 heavy (non-hydrogen) atoms. The maximum Gasteiger partial charge on any atom is 0.294 e. The minimum atomic E-state index is 0.0440. The van der Waals surface area contributed by atoms with Gasteiger partial charge >= 0.3 is 0 Å². The quantitative estimate of drug-likeness (QED) is 0.673. The van der Waals surface area contributed by atoms with Crippen molar-refractivity contribution in [2.45, 2.75) is 19.1 Å². The highest BCUT2D eigenvalue weighted by atomic mass is 16.5. The molecule has 0 amide bonds. The molecule has 0 radical (unpaired) electrons. The molecule has 1 aromatic rings. The molecular weight excluding hydrogens is 194 g/mol. The first-order valence-corrected chi connectivity index (χ1v) is 4.95. The van der Waals surface area contributed by atoms with Crippen molar-refractivity contribution >= 4 is 6.47 Å². The van der Waals surface area contributed by atoms with Crippen LogP contribution in [0.3, 0.4) is 0 Å². The van der Waals surface area contributed by atoms with E-state index in [9.17, 15) is 4.79 Å². The molecule has 1 aliphatic heterocycles. The Morgan fingerprint density at radius 1 is 1.53 bits per heavy atom. The Labute approximate surface area is 89.7 Å². The van der Waals surface area contributed by atoms with E-state index in [1.54, 1.807) is 12.5 Å². The van der Waals surface area contributed by atoms with Crippen molar-refractivity contribution in [3.8, 4) is 0 Å². The summed E-state index contributed by atoms with van der Waals surface area (Å²) in [5.74, 6) is 0. The Hall–Kier alpha value is -1.36. The largest absolute Gasteiger partial charge is 0.449 e. The normalized spacial score (nSPS) is 20.5. The van der Waals surface area contributed by atoms with Gasteiger partial charge < -0.3 is 9.30 Å². The molecule has 1 aliphatic rings. The zero-order valence-electron chi connectivity index (χ0n) is 9.17. The van der Waals surface area contributed by atoms with E-state index < -0.39 is 0 Å². The van der Waals surface area contributed by atoms with Crippen LogP contribution in [0.1, 0.15) is 12.8 Å². The van der Waals surface area contributed by atoms with E-state index in [4.69, 9.17) is 4.74 Å². The Morgan fingerprint density at radius 3 is 2.67 bits per heavy atom. The Morgan fingerprint density at radius 2 is 2.33 bits per heavy atom. The van der Waals surface area contributed by atoms with Crippen molar-refractivity contribution in [3.05, 3.63) is 18.7 Å². The van der Waals surface area contributed by atoms with E-state index in [-0.39, 0.29) is 6.23 Å². The molecule has 0 bridgehead atoms. The molecule has 1 aromatic heterocycles. The second-order valence-corrected chi connectivity index (χ2v) is 3.54. The summed E-state index contributed by atoms with van der Waals surface area (Å²) in [6.45, 7) is 1.56. The lowest BCUT2D eigenvalue weighted by atomic mass is 10.4. The number of likely N-dealkylation sites (tertiary alicyclic amines) is 1. The lowest BCUT2D eigenvalue weighted by Gasteiger charge is -2.16. The summed E-state index contributed by atoms with van der Waals surface area (Å²) in [4.78, 5) is 15.7. The van der Waals surface area contributed by atoms with Crippen molar-refractivity contribution in [2.24, 2.45) is 7.05 Å². The summed E-state index contributed by atoms with van der Waals surface area (Å²) < 4.78 is 6.65. The Kier molecular flexibility index (Phi) is 4.83. The van der Waals surface area contributed by atoms with Crippen LogP contribution in [0.4, 0.5) is 0 Å². The number of carbonyl (C=O) groups is 1. The van der Waals surface area contributed by atoms with E-state index in [0.717, 1.165) is 19.4 Å². The second kappa shape index (κ2) is 6.19. The lowest BCUT2D eigenvalue weighted by molar-refractivity contribution is -0.139. The summed E-state index contributed by atoms with van der Waals surface area (Å²) in [7, 11) is 3.90. The zero-order valence-corrected chi connectivity index (χ0v) is 9.17. The monoisotopic (exact) mass is 211 g/mol. The Balaban J connectivity index is 0.000000162. The third-order valence-corrected chi connectivity index (χ3v) is 2.30. The van der Waals surface area contributed by atoms with Gasteiger partial charge in [0.1, 0.15) is 0 Å². The predicted molar refractivity (Wildman–Crippen MR) is 56.0 cm³/mol. The van der Waals surface area contributed by atoms with Crippen molar-refractivity contribution in [2.75, 3.05) is 13.6 Å². The lowest BCUT2D eigenvalue weighted by Crippen LogP contribution is -2.26. The molecule has 0 aliphatic carbocycles. The molecule has 0 saturated carbocycles. The maximum atomic E-state index is 9.86. The number of ether oxygens (including phenoxy) is 1. The van der Waals surface area contributed by atoms with Crippen LogP contribution in [-0.4, -0.2) is 40.7 Å². The summed E-state index contributed by atoms with van der Waals surface area (Å²) in [6.07, 6.45) is 7.55. The highest BCUT2D eigenvalue weighted by Gasteiger charge is 2.20. The fraction of sp³-hybridized carbons (Fsp3) is 0.600. The van der Waals surface area contributed by atoms with Gasteiger partial charge in [-0.15, -0.1) is 0 Å². The summed E-state index contributed by atoms with van der Waals surface area (Å²) in [5.41, 5.74) is 0. The number of carbonyl (C=O) groups excluding carboxylic acids is 1. The van der Waals surface area contributed by atoms with E-state index >= 15 is 0 Å². The highest BCUT2D eigenvalue weighted by Crippen LogP contribution is 2.14. The van der Waals surface area contributed by atoms with Gasteiger partial charge in [-0.2, -0.15) is 0 Å². The standard InChI is InChI=1S/C6H11NO2.C4H6N2/c1-7-4-2-3-6(7)9-5-8;1-6-3-2-5-4-6/h5-6H,2-4H2,1H3;2-4H,1H3. The maximum absolute atomic E-state index is 9.86. The van der Waals surface area contributed by atoms with Gasteiger partial charge in [-0.3, -0.25) is 9.69 Å². The summed E-state index contributed by atoms with van der Waals surface area (Å²) in [6, 6.07) is 0. The highest BCUT2D eigenvalue weighted by molar-refractivity contribution is 5.37. The van der Waals surface area contributed by atoms with Crippen LogP contribution in [0.5, 0.6) is 0 Å². The zero-order chi connectivity index (χ0) is 11.1. The van der Waals surface area contributed by atoms with Crippen molar-refractivity contribution in [3.63, 3.8) is 0 Å². The summed E-state index contributed by atoms with van der Waals surface area (Å²) >= 11 is 0. The molecule has 0 N–H and O–H groups in total. The van der Waals surface area contributed by atoms with E-state index in [1.807, 2.05) is 29.8 Å². The van der Waals surface area contributed by atoms with Crippen LogP contribution in [0.2, 0.25) is 0 Å². The van der Waals surface area contributed by atoms with Gasteiger partial charge in [0.05, 0.1) is 6.33 Å². The van der Waals surface area contributed by atoms with Gasteiger partial charge in [0.15, 0.2) is 6.23 Å². The number of imidazole rings is 1. The second-order valence-electron chi connectivity index (χ2n) is 3.54. The van der Waals surface area contributed by atoms with Crippen molar-refractivity contribution in [1.29, 1.82) is 0 Å². The number of nitrogens with zero attached hydrogens (tertiary/aromatic N) is 3. The third-order valence-electron chi connectivity index (χ3n) is 2.30. The first-order chi connectivity index (χ1) is 7.24. The van der Waals surface area contributed by atoms with Gasteiger partial charge in [-0.1, -0.05) is 0 Å². The van der Waals surface area contributed by atoms with Crippen LogP contribution in [0, 0.1) is 0 Å². The van der Waals surface area contributed by atoms with E-state index in [2.05, 4.69) is 4.98 Å². The smallest absolute Gasteiger partial charge is 0.294 e. The molecule has 1 atom stereocenters. The fourth-order valence-corrected chi connectivity index (χ4v) is 1.44. The first kappa shape index (κ1) is 11.7. The van der Waals surface area contributed by atoms with Crippen LogP contribution < -0.4 is 0 Å². The molecule has 0 aromatic carbocycles. The minimum absolute atomic E-state index is 0.0440. The predicted octanol–water partition coefficient (Wildman–Crippen LogP) is 0.631. The molecule has 1 unspecified atom stereocenters. The van der Waals surface area contributed by atoms with Crippen LogP contribution in [0.25, 0.3) is 0 Å². The Bertz CT molecular complexity index is 274. The molecule has 2 rings (SSSR count). The molecule has 5 heteroatoms. The van der Waals surface area contributed by atoms with E-state index in [0.29, 0.717) is 6.47 Å². The number of hydrogen-bond donors (Lipinski definition) is 0. The van der Waals surface area contributed by atoms with Crippen LogP contribution in [0.15, 0.2) is 18.7 Å². The van der Waals surface area contributed by atoms with Gasteiger partial charge in [-0.05, 0) is 19.9 Å². The van der Waals surface area contributed by atoms with E-state index in [1.165, 1.54) is 0 Å². The van der Waals surface area contributed by atoms with Gasteiger partial charge in [-0.25, -0.2) is 4.98 Å². The van der Waals surface area contributed by atoms with Crippen molar-refractivity contribution in [1.82, 2.24) is 14.5 Å². The molecule has 2 heterocycles. The topological polar surface area (TPSA) is 47.4 Å². The molecule has 0 spiro atoms. The van der Waals surface area contributed by atoms with Crippen LogP contribution >= 0.6 is 0 Å². The molecular formula is C10H17N3O2. The first-order valence-electron chi connectivity index (χ1n) is 4.95. The average molecular weight is 211 g/mol. The molecule has 5 nitrogen and oxygen atoms in total. The minimum Gasteiger partial charge on any atom is -0.449 e. The molecule has 1 saturated heterocycles. The fourth-order valence-electron chi connectivity index (χ4n) is 1.44. The number of aromatic nitrogens is 2. The molecule has 84 valence electrons. The van der Waals surface area contributed by atoms with Gasteiger partial charge in [0.25, 0.3) is 6.47 Å². The summed E-state index contributed by atoms with van der Waals surface area (Å²) in [5, 5.41) is 0.